The summed E-state index contributed by atoms with van der Waals surface area (Å²) in [7, 11) is 0. The van der Waals surface area contributed by atoms with Crippen LogP contribution in [-0.2, 0) is 11.3 Å². The maximum Gasteiger partial charge on any atom is 0.228 e. The molecule has 0 radical (unpaired) electrons. The molecule has 1 aliphatic carbocycles. The molecule has 1 saturated carbocycles. The number of anilines is 1. The number of pyridine rings is 1. The van der Waals surface area contributed by atoms with Crippen LogP contribution in [0.25, 0.3) is 21.9 Å². The number of amides is 1. The van der Waals surface area contributed by atoms with E-state index >= 15 is 0 Å². The lowest BCUT2D eigenvalue weighted by atomic mass is 9.89. The van der Waals surface area contributed by atoms with Crippen LogP contribution in [0, 0.1) is 5.92 Å². The van der Waals surface area contributed by atoms with Crippen molar-refractivity contribution in [3.8, 4) is 0 Å². The number of nitrogens with one attached hydrogen (secondary N) is 1. The van der Waals surface area contributed by atoms with Crippen LogP contribution in [-0.4, -0.2) is 20.7 Å². The van der Waals surface area contributed by atoms with Crippen molar-refractivity contribution in [1.29, 1.82) is 0 Å². The number of benzene rings is 1. The normalized spacial score (nSPS) is 15.9. The molecular weight excluding hydrogens is 300 g/mol. The number of carbonyl (C=O) groups excluding carboxylic acids is 1. The molecule has 3 aromatic rings. The molecular formula is C19H22N4O. The Hall–Kier alpha value is -2.43. The second-order valence-electron chi connectivity index (χ2n) is 6.54. The van der Waals surface area contributed by atoms with Gasteiger partial charge in [-0.05, 0) is 31.9 Å². The largest absolute Gasteiger partial charge is 0.308 e. The summed E-state index contributed by atoms with van der Waals surface area (Å²) in [6.07, 6.45) is 5.51. The second-order valence-corrected chi connectivity index (χ2v) is 6.54. The lowest BCUT2D eigenvalue weighted by Crippen LogP contribution is -2.25. The van der Waals surface area contributed by atoms with Gasteiger partial charge >= 0.3 is 0 Å². The molecule has 2 heterocycles. The molecule has 2 aromatic heterocycles. The second kappa shape index (κ2) is 6.23. The van der Waals surface area contributed by atoms with Gasteiger partial charge in [0.2, 0.25) is 5.91 Å². The number of nitrogens with zero attached hydrogens (tertiary/aromatic N) is 3. The summed E-state index contributed by atoms with van der Waals surface area (Å²) >= 11 is 0. The highest BCUT2D eigenvalue weighted by Crippen LogP contribution is 2.28. The topological polar surface area (TPSA) is 59.8 Å². The van der Waals surface area contributed by atoms with E-state index in [0.717, 1.165) is 54.2 Å². The van der Waals surface area contributed by atoms with E-state index in [4.69, 9.17) is 4.98 Å². The van der Waals surface area contributed by atoms with E-state index < -0.39 is 0 Å². The third kappa shape index (κ3) is 2.64. The van der Waals surface area contributed by atoms with E-state index in [2.05, 4.69) is 16.5 Å². The van der Waals surface area contributed by atoms with Gasteiger partial charge in [-0.2, -0.15) is 5.10 Å². The van der Waals surface area contributed by atoms with Crippen molar-refractivity contribution >= 4 is 33.7 Å². The minimum absolute atomic E-state index is 0.102. The van der Waals surface area contributed by atoms with Crippen molar-refractivity contribution in [3.63, 3.8) is 0 Å². The third-order valence-corrected chi connectivity index (χ3v) is 4.94. The zero-order valence-electron chi connectivity index (χ0n) is 14.0. The number of hydrogen-bond donors (Lipinski definition) is 1. The van der Waals surface area contributed by atoms with Gasteiger partial charge in [-0.15, -0.1) is 0 Å². The Labute approximate surface area is 141 Å². The minimum atomic E-state index is 0.102. The van der Waals surface area contributed by atoms with E-state index in [9.17, 15) is 4.79 Å². The van der Waals surface area contributed by atoms with Crippen LogP contribution >= 0.6 is 0 Å². The van der Waals surface area contributed by atoms with Crippen molar-refractivity contribution in [2.45, 2.75) is 45.6 Å². The summed E-state index contributed by atoms with van der Waals surface area (Å²) in [6.45, 7) is 2.76. The summed E-state index contributed by atoms with van der Waals surface area (Å²) in [4.78, 5) is 17.3. The highest BCUT2D eigenvalue weighted by Gasteiger charge is 2.23. The average molecular weight is 322 g/mol. The molecule has 24 heavy (non-hydrogen) atoms. The van der Waals surface area contributed by atoms with Crippen molar-refractivity contribution in [1.82, 2.24) is 14.8 Å². The number of para-hydroxylation sites is 1. The fourth-order valence-electron chi connectivity index (χ4n) is 3.60. The predicted octanol–water partition coefficient (Wildman–Crippen LogP) is 4.12. The van der Waals surface area contributed by atoms with Gasteiger partial charge in [-0.3, -0.25) is 4.79 Å². The molecule has 0 atom stereocenters. The van der Waals surface area contributed by atoms with Gasteiger partial charge in [0.15, 0.2) is 11.5 Å². The van der Waals surface area contributed by atoms with E-state index in [-0.39, 0.29) is 11.8 Å². The first-order valence-corrected chi connectivity index (χ1v) is 8.83. The lowest BCUT2D eigenvalue weighted by Gasteiger charge is -2.20. The van der Waals surface area contributed by atoms with Crippen LogP contribution in [0.3, 0.4) is 0 Å². The highest BCUT2D eigenvalue weighted by molar-refractivity contribution is 6.03. The monoisotopic (exact) mass is 322 g/mol. The van der Waals surface area contributed by atoms with Gasteiger partial charge < -0.3 is 5.32 Å². The Kier molecular flexibility index (Phi) is 3.92. The zero-order valence-corrected chi connectivity index (χ0v) is 14.0. The predicted molar refractivity (Wildman–Crippen MR) is 95.9 cm³/mol. The van der Waals surface area contributed by atoms with Crippen LogP contribution in [0.5, 0.6) is 0 Å². The quantitative estimate of drug-likeness (QED) is 0.789. The fraction of sp³-hybridized carbons (Fsp3) is 0.421. The average Bonchev–Trinajstić information content (AvgIpc) is 2.97. The Bertz CT molecular complexity index is 893. The molecule has 124 valence electrons. The molecule has 5 heteroatoms. The summed E-state index contributed by atoms with van der Waals surface area (Å²) in [5.41, 5.74) is 1.78. The first-order valence-electron chi connectivity index (χ1n) is 8.83. The summed E-state index contributed by atoms with van der Waals surface area (Å²) in [6, 6.07) is 10.1. The fourth-order valence-corrected chi connectivity index (χ4v) is 3.60. The molecule has 1 aliphatic rings. The molecule has 1 N–H and O–H groups in total. The van der Waals surface area contributed by atoms with E-state index in [1.165, 1.54) is 6.42 Å². The molecule has 4 rings (SSSR count). The molecule has 0 saturated heterocycles. The van der Waals surface area contributed by atoms with E-state index in [1.54, 1.807) is 0 Å². The SMILES string of the molecule is CCn1nc(NC(=O)C2CCCCC2)c2cc3ccccc3nc21. The van der Waals surface area contributed by atoms with Crippen LogP contribution in [0.2, 0.25) is 0 Å². The van der Waals surface area contributed by atoms with Crippen molar-refractivity contribution in [2.24, 2.45) is 5.92 Å². The number of aromatic nitrogens is 3. The van der Waals surface area contributed by atoms with Crippen LogP contribution in [0.1, 0.15) is 39.0 Å². The van der Waals surface area contributed by atoms with Crippen LogP contribution in [0.15, 0.2) is 30.3 Å². The van der Waals surface area contributed by atoms with Gasteiger partial charge in [0.1, 0.15) is 0 Å². The minimum Gasteiger partial charge on any atom is -0.308 e. The first-order chi connectivity index (χ1) is 11.8. The maximum absolute atomic E-state index is 12.6. The van der Waals surface area contributed by atoms with E-state index in [0.29, 0.717) is 5.82 Å². The van der Waals surface area contributed by atoms with Crippen LogP contribution < -0.4 is 5.32 Å². The Balaban J connectivity index is 1.74. The first kappa shape index (κ1) is 15.1. The Morgan fingerprint density at radius 2 is 2.04 bits per heavy atom. The van der Waals surface area contributed by atoms with Gasteiger partial charge in [-0.1, -0.05) is 37.5 Å². The summed E-state index contributed by atoms with van der Waals surface area (Å²) in [5.74, 6) is 0.861. The van der Waals surface area contributed by atoms with Crippen molar-refractivity contribution < 1.29 is 4.79 Å². The smallest absolute Gasteiger partial charge is 0.228 e. The summed E-state index contributed by atoms with van der Waals surface area (Å²) < 4.78 is 1.86. The molecule has 0 aliphatic heterocycles. The van der Waals surface area contributed by atoms with Crippen molar-refractivity contribution in [3.05, 3.63) is 30.3 Å². The highest BCUT2D eigenvalue weighted by atomic mass is 16.2. The number of fused-ring (bicyclic) bond motifs is 2. The molecule has 0 unspecified atom stereocenters. The lowest BCUT2D eigenvalue weighted by molar-refractivity contribution is -0.120. The van der Waals surface area contributed by atoms with E-state index in [1.807, 2.05) is 35.9 Å². The molecule has 1 aromatic carbocycles. The number of hydrogen-bond acceptors (Lipinski definition) is 3. The number of carbonyl (C=O) groups is 1. The molecule has 0 spiro atoms. The Morgan fingerprint density at radius 1 is 1.25 bits per heavy atom. The number of aryl methyl sites for hydroxylation is 1. The van der Waals surface area contributed by atoms with Crippen LogP contribution in [0.4, 0.5) is 5.82 Å². The van der Waals surface area contributed by atoms with Gasteiger partial charge in [0.25, 0.3) is 0 Å². The van der Waals surface area contributed by atoms with Gasteiger partial charge in [-0.25, -0.2) is 9.67 Å². The third-order valence-electron chi connectivity index (χ3n) is 4.94. The standard InChI is InChI=1S/C19H22N4O/c1-2-23-18-15(12-14-10-6-7-11-16(14)20-18)17(22-23)21-19(24)13-8-4-3-5-9-13/h6-7,10-13H,2-5,8-9H2,1H3,(H,21,22,24). The van der Waals surface area contributed by atoms with Gasteiger partial charge in [0.05, 0.1) is 10.9 Å². The maximum atomic E-state index is 12.6. The molecule has 0 bridgehead atoms. The zero-order chi connectivity index (χ0) is 16.5. The van der Waals surface area contributed by atoms with Crippen molar-refractivity contribution in [2.75, 3.05) is 5.32 Å². The van der Waals surface area contributed by atoms with Gasteiger partial charge in [0, 0.05) is 17.8 Å². The Morgan fingerprint density at radius 3 is 2.83 bits per heavy atom. The summed E-state index contributed by atoms with van der Waals surface area (Å²) in [5, 5.41) is 9.63. The molecule has 5 nitrogen and oxygen atoms in total. The molecule has 1 amide bonds. The number of rotatable bonds is 3. The molecule has 1 fully saturated rings.